The van der Waals surface area contributed by atoms with Crippen LogP contribution in [0.4, 0.5) is 13.2 Å². The molecule has 5 nitrogen and oxygen atoms in total. The molecule has 1 N–H and O–H groups in total. The molecule has 1 aliphatic heterocycles. The summed E-state index contributed by atoms with van der Waals surface area (Å²) in [5, 5.41) is 1.12. The number of halogens is 3. The lowest BCUT2D eigenvalue weighted by Crippen LogP contribution is -2.36. The minimum atomic E-state index is -4.66. The number of hydrogen-bond donors (Lipinski definition) is 1. The molecule has 0 amide bonds. The molecule has 0 unspecified atom stereocenters. The molecule has 26 heavy (non-hydrogen) atoms. The van der Waals surface area contributed by atoms with Gasteiger partial charge >= 0.3 is 6.18 Å². The van der Waals surface area contributed by atoms with E-state index in [0.717, 1.165) is 16.6 Å². The lowest BCUT2D eigenvalue weighted by atomic mass is 10.1. The van der Waals surface area contributed by atoms with Gasteiger partial charge in [-0.05, 0) is 23.9 Å². The fourth-order valence-electron chi connectivity index (χ4n) is 3.49. The molecule has 0 bridgehead atoms. The number of aryl methyl sites for hydroxylation is 1. The lowest BCUT2D eigenvalue weighted by molar-refractivity contribution is -0.145. The van der Waals surface area contributed by atoms with E-state index in [9.17, 15) is 18.0 Å². The van der Waals surface area contributed by atoms with Gasteiger partial charge in [-0.25, -0.2) is 4.98 Å². The van der Waals surface area contributed by atoms with Gasteiger partial charge in [0.1, 0.15) is 0 Å². The number of alkyl halides is 3. The van der Waals surface area contributed by atoms with Crippen LogP contribution in [0, 0.1) is 0 Å². The maximum Gasteiger partial charge on any atom is 0.449 e. The van der Waals surface area contributed by atoms with Gasteiger partial charge in [0.15, 0.2) is 0 Å². The Hall–Kier alpha value is -2.61. The second kappa shape index (κ2) is 5.98. The van der Waals surface area contributed by atoms with Crippen molar-refractivity contribution in [2.75, 3.05) is 6.54 Å². The third-order valence-corrected chi connectivity index (χ3v) is 4.86. The Morgan fingerprint density at radius 2 is 2.04 bits per heavy atom. The van der Waals surface area contributed by atoms with Gasteiger partial charge in [-0.2, -0.15) is 13.2 Å². The highest BCUT2D eigenvalue weighted by Gasteiger charge is 2.36. The number of benzene rings is 1. The number of nitrogens with zero attached hydrogens (tertiary/aromatic N) is 3. The van der Waals surface area contributed by atoms with Crippen molar-refractivity contribution < 1.29 is 13.2 Å². The number of aromatic nitrogens is 3. The molecule has 0 fully saturated rings. The third kappa shape index (κ3) is 2.90. The Balaban J connectivity index is 1.63. The van der Waals surface area contributed by atoms with E-state index in [1.54, 1.807) is 0 Å². The largest absolute Gasteiger partial charge is 0.449 e. The van der Waals surface area contributed by atoms with Crippen LogP contribution >= 0.6 is 0 Å². The summed E-state index contributed by atoms with van der Waals surface area (Å²) in [7, 11) is 1.97. The Morgan fingerprint density at radius 1 is 1.27 bits per heavy atom. The van der Waals surface area contributed by atoms with Crippen molar-refractivity contribution in [1.29, 1.82) is 0 Å². The maximum absolute atomic E-state index is 12.9. The van der Waals surface area contributed by atoms with Gasteiger partial charge in [-0.3, -0.25) is 9.69 Å². The molecule has 0 atom stereocenters. The van der Waals surface area contributed by atoms with E-state index in [1.807, 2.05) is 41.2 Å². The van der Waals surface area contributed by atoms with E-state index in [2.05, 4.69) is 15.6 Å². The van der Waals surface area contributed by atoms with Crippen molar-refractivity contribution in [3.63, 3.8) is 0 Å². The van der Waals surface area contributed by atoms with Gasteiger partial charge in [-0.15, -0.1) is 0 Å². The van der Waals surface area contributed by atoms with Crippen LogP contribution in [0.15, 0.2) is 35.1 Å². The number of hydrogen-bond acceptors (Lipinski definition) is 3. The normalized spacial score (nSPS) is 15.4. The number of aromatic amines is 1. The molecular weight excluding hydrogens is 345 g/mol. The number of para-hydroxylation sites is 1. The van der Waals surface area contributed by atoms with Crippen molar-refractivity contribution in [2.24, 2.45) is 7.05 Å². The fraction of sp³-hybridized carbons (Fsp3) is 0.333. The van der Waals surface area contributed by atoms with Crippen molar-refractivity contribution in [1.82, 2.24) is 19.4 Å². The van der Waals surface area contributed by atoms with E-state index < -0.39 is 17.6 Å². The SMILES string of the molecule is Cn1c(CN2CCc3c(nc(C(F)(F)F)[nH]c3=O)C2)cc2ccccc21. The maximum atomic E-state index is 12.9. The summed E-state index contributed by atoms with van der Waals surface area (Å²) in [5.41, 5.74) is 2.05. The zero-order valence-corrected chi connectivity index (χ0v) is 14.1. The summed E-state index contributed by atoms with van der Waals surface area (Å²) < 4.78 is 40.8. The van der Waals surface area contributed by atoms with Crippen LogP contribution in [0.3, 0.4) is 0 Å². The van der Waals surface area contributed by atoms with Crippen molar-refractivity contribution in [3.05, 3.63) is 63.5 Å². The first-order valence-electron chi connectivity index (χ1n) is 8.28. The summed E-state index contributed by atoms with van der Waals surface area (Å²) in [5.74, 6) is -1.23. The molecule has 0 spiro atoms. The van der Waals surface area contributed by atoms with Crippen LogP contribution in [-0.4, -0.2) is 26.0 Å². The van der Waals surface area contributed by atoms with Gasteiger partial charge < -0.3 is 9.55 Å². The molecule has 1 aromatic carbocycles. The van der Waals surface area contributed by atoms with Crippen molar-refractivity contribution in [2.45, 2.75) is 25.7 Å². The van der Waals surface area contributed by atoms with Gasteiger partial charge in [0.2, 0.25) is 5.82 Å². The molecule has 3 aromatic rings. The average molecular weight is 362 g/mol. The Kier molecular flexibility index (Phi) is 3.87. The predicted molar refractivity (Wildman–Crippen MR) is 90.6 cm³/mol. The Bertz CT molecular complexity index is 1040. The van der Waals surface area contributed by atoms with Crippen LogP contribution in [-0.2, 0) is 32.7 Å². The second-order valence-electron chi connectivity index (χ2n) is 6.55. The van der Waals surface area contributed by atoms with Gasteiger partial charge in [0.25, 0.3) is 5.56 Å². The molecular formula is C18H17F3N4O. The molecule has 0 aliphatic carbocycles. The summed E-state index contributed by atoms with van der Waals surface area (Å²) in [6.45, 7) is 1.41. The zero-order valence-electron chi connectivity index (χ0n) is 14.1. The Morgan fingerprint density at radius 3 is 2.77 bits per heavy atom. The van der Waals surface area contributed by atoms with Crippen molar-refractivity contribution in [3.8, 4) is 0 Å². The molecule has 0 saturated heterocycles. The third-order valence-electron chi connectivity index (χ3n) is 4.86. The first-order chi connectivity index (χ1) is 12.3. The number of rotatable bonds is 2. The minimum Gasteiger partial charge on any atom is -0.346 e. The van der Waals surface area contributed by atoms with E-state index in [4.69, 9.17) is 0 Å². The molecule has 136 valence electrons. The quantitative estimate of drug-likeness (QED) is 0.763. The van der Waals surface area contributed by atoms with E-state index >= 15 is 0 Å². The molecule has 8 heteroatoms. The van der Waals surface area contributed by atoms with E-state index in [0.29, 0.717) is 25.1 Å². The summed E-state index contributed by atoms with van der Waals surface area (Å²) >= 11 is 0. The van der Waals surface area contributed by atoms with Gasteiger partial charge in [-0.1, -0.05) is 18.2 Å². The highest BCUT2D eigenvalue weighted by atomic mass is 19.4. The van der Waals surface area contributed by atoms with Gasteiger partial charge in [0, 0.05) is 43.5 Å². The van der Waals surface area contributed by atoms with Crippen LogP contribution in [0.5, 0.6) is 0 Å². The average Bonchev–Trinajstić information content (AvgIpc) is 2.90. The van der Waals surface area contributed by atoms with Gasteiger partial charge in [0.05, 0.1) is 5.69 Å². The second-order valence-corrected chi connectivity index (χ2v) is 6.55. The minimum absolute atomic E-state index is 0.214. The van der Waals surface area contributed by atoms with Crippen molar-refractivity contribution >= 4 is 10.9 Å². The predicted octanol–water partition coefficient (Wildman–Crippen LogP) is 2.84. The number of H-pyrrole nitrogens is 1. The molecule has 4 rings (SSSR count). The molecule has 1 aliphatic rings. The highest BCUT2D eigenvalue weighted by Crippen LogP contribution is 2.27. The molecule has 0 radical (unpaired) electrons. The van der Waals surface area contributed by atoms with Crippen LogP contribution in [0.2, 0.25) is 0 Å². The highest BCUT2D eigenvalue weighted by molar-refractivity contribution is 5.81. The molecule has 0 saturated carbocycles. The first kappa shape index (κ1) is 16.8. The summed E-state index contributed by atoms with van der Waals surface area (Å²) in [6, 6.07) is 10.1. The molecule has 2 aromatic heterocycles. The Labute approximate surface area is 147 Å². The molecule has 3 heterocycles. The van der Waals surface area contributed by atoms with Crippen LogP contribution in [0.1, 0.15) is 22.8 Å². The monoisotopic (exact) mass is 362 g/mol. The smallest absolute Gasteiger partial charge is 0.346 e. The fourth-order valence-corrected chi connectivity index (χ4v) is 3.49. The topological polar surface area (TPSA) is 53.9 Å². The standard InChI is InChI=1S/C18H17F3N4O/c1-24-12(8-11-4-2-3-5-15(11)24)9-25-7-6-13-14(10-25)22-17(18(19,20)21)23-16(13)26/h2-5,8H,6-7,9-10H2,1H3,(H,22,23,26). The van der Waals surface area contributed by atoms with E-state index in [-0.39, 0.29) is 12.2 Å². The zero-order chi connectivity index (χ0) is 18.5. The summed E-state index contributed by atoms with van der Waals surface area (Å²) in [6.07, 6.45) is -4.27. The van der Waals surface area contributed by atoms with E-state index in [1.165, 1.54) is 0 Å². The number of fused-ring (bicyclic) bond motifs is 2. The van der Waals surface area contributed by atoms with Crippen LogP contribution < -0.4 is 5.56 Å². The summed E-state index contributed by atoms with van der Waals surface area (Å²) in [4.78, 5) is 19.5. The number of nitrogens with one attached hydrogen (secondary N) is 1. The lowest BCUT2D eigenvalue weighted by Gasteiger charge is -2.28. The van der Waals surface area contributed by atoms with Crippen LogP contribution in [0.25, 0.3) is 10.9 Å². The first-order valence-corrected chi connectivity index (χ1v) is 8.28.